The summed E-state index contributed by atoms with van der Waals surface area (Å²) in [5.74, 6) is 1.53. The molecular weight excluding hydrogens is 300 g/mol. The number of amides is 1. The maximum absolute atomic E-state index is 12.4. The molecule has 1 aliphatic rings. The Morgan fingerprint density at radius 3 is 3.18 bits per heavy atom. The topological polar surface area (TPSA) is 98.7 Å². The molecule has 1 amide bonds. The smallest absolute Gasteiger partial charge is 0.271 e. The van der Waals surface area contributed by atoms with Crippen molar-refractivity contribution in [1.82, 2.24) is 25.1 Å². The lowest BCUT2D eigenvalue weighted by molar-refractivity contribution is 0.0922. The van der Waals surface area contributed by atoms with Gasteiger partial charge in [0.15, 0.2) is 5.82 Å². The summed E-state index contributed by atoms with van der Waals surface area (Å²) < 4.78 is 1.91. The SMILES string of the molecule is CCc1nc2n(n1)CCCC2NC(=O)c1csc(CCN)n1. The van der Waals surface area contributed by atoms with Gasteiger partial charge in [-0.25, -0.2) is 14.6 Å². The Bertz CT molecular complexity index is 664. The third kappa shape index (κ3) is 3.02. The molecule has 3 rings (SSSR count). The Balaban J connectivity index is 1.73. The highest BCUT2D eigenvalue weighted by Crippen LogP contribution is 2.23. The maximum atomic E-state index is 12.4. The summed E-state index contributed by atoms with van der Waals surface area (Å²) in [7, 11) is 0. The van der Waals surface area contributed by atoms with Crippen LogP contribution in [0.5, 0.6) is 0 Å². The van der Waals surface area contributed by atoms with Crippen LogP contribution in [-0.4, -0.2) is 32.2 Å². The highest BCUT2D eigenvalue weighted by Gasteiger charge is 2.26. The van der Waals surface area contributed by atoms with Crippen LogP contribution in [0.4, 0.5) is 0 Å². The van der Waals surface area contributed by atoms with E-state index in [9.17, 15) is 4.79 Å². The molecule has 0 bridgehead atoms. The van der Waals surface area contributed by atoms with E-state index >= 15 is 0 Å². The fourth-order valence-electron chi connectivity index (χ4n) is 2.57. The minimum absolute atomic E-state index is 0.0892. The van der Waals surface area contributed by atoms with Crippen LogP contribution in [0.2, 0.25) is 0 Å². The van der Waals surface area contributed by atoms with Gasteiger partial charge in [0.05, 0.1) is 11.0 Å². The first-order valence-electron chi connectivity index (χ1n) is 7.60. The molecule has 0 fully saturated rings. The average Bonchev–Trinajstić information content (AvgIpc) is 3.14. The van der Waals surface area contributed by atoms with Crippen LogP contribution in [-0.2, 0) is 19.4 Å². The van der Waals surface area contributed by atoms with E-state index in [1.54, 1.807) is 5.38 Å². The second kappa shape index (κ2) is 6.53. The predicted molar refractivity (Wildman–Crippen MR) is 83.7 cm³/mol. The van der Waals surface area contributed by atoms with Crippen molar-refractivity contribution in [3.8, 4) is 0 Å². The largest absolute Gasteiger partial charge is 0.341 e. The van der Waals surface area contributed by atoms with Gasteiger partial charge in [-0.3, -0.25) is 4.79 Å². The minimum Gasteiger partial charge on any atom is -0.341 e. The van der Waals surface area contributed by atoms with E-state index in [1.807, 2.05) is 11.6 Å². The summed E-state index contributed by atoms with van der Waals surface area (Å²) in [5.41, 5.74) is 5.97. The van der Waals surface area contributed by atoms with Crippen LogP contribution in [0.1, 0.15) is 53.0 Å². The first kappa shape index (κ1) is 15.1. The summed E-state index contributed by atoms with van der Waals surface area (Å²) in [6.45, 7) is 3.44. The summed E-state index contributed by atoms with van der Waals surface area (Å²) in [4.78, 5) is 21.2. The number of nitrogens with one attached hydrogen (secondary N) is 1. The van der Waals surface area contributed by atoms with Crippen LogP contribution in [0.15, 0.2) is 5.38 Å². The summed E-state index contributed by atoms with van der Waals surface area (Å²) >= 11 is 1.47. The van der Waals surface area contributed by atoms with Crippen LogP contribution in [0, 0.1) is 0 Å². The Labute approximate surface area is 133 Å². The third-order valence-corrected chi connectivity index (χ3v) is 4.59. The highest BCUT2D eigenvalue weighted by atomic mass is 32.1. The van der Waals surface area contributed by atoms with E-state index in [0.717, 1.165) is 42.5 Å². The summed E-state index contributed by atoms with van der Waals surface area (Å²) in [6, 6.07) is -0.0892. The summed E-state index contributed by atoms with van der Waals surface area (Å²) in [5, 5.41) is 10.2. The van der Waals surface area contributed by atoms with Gasteiger partial charge in [0.1, 0.15) is 11.5 Å². The molecule has 0 spiro atoms. The molecule has 0 saturated carbocycles. The fraction of sp³-hybridized carbons (Fsp3) is 0.571. The van der Waals surface area contributed by atoms with Gasteiger partial charge in [0.25, 0.3) is 5.91 Å². The first-order chi connectivity index (χ1) is 10.7. The monoisotopic (exact) mass is 320 g/mol. The number of aromatic nitrogens is 4. The number of hydrogen-bond acceptors (Lipinski definition) is 6. The maximum Gasteiger partial charge on any atom is 0.271 e. The molecule has 0 aromatic carbocycles. The summed E-state index contributed by atoms with van der Waals surface area (Å²) in [6.07, 6.45) is 3.37. The Kier molecular flexibility index (Phi) is 4.49. The van der Waals surface area contributed by atoms with Gasteiger partial charge >= 0.3 is 0 Å². The number of carbonyl (C=O) groups excluding carboxylic acids is 1. The van der Waals surface area contributed by atoms with E-state index in [-0.39, 0.29) is 11.9 Å². The zero-order valence-electron chi connectivity index (χ0n) is 12.6. The van der Waals surface area contributed by atoms with Gasteiger partial charge in [-0.05, 0) is 19.4 Å². The van der Waals surface area contributed by atoms with Crippen LogP contribution < -0.4 is 11.1 Å². The van der Waals surface area contributed by atoms with Crippen LogP contribution >= 0.6 is 11.3 Å². The van der Waals surface area contributed by atoms with E-state index in [4.69, 9.17) is 5.73 Å². The van der Waals surface area contributed by atoms with Crippen LogP contribution in [0.25, 0.3) is 0 Å². The predicted octanol–water partition coefficient (Wildman–Crippen LogP) is 1.06. The van der Waals surface area contributed by atoms with Gasteiger partial charge in [-0.15, -0.1) is 11.3 Å². The van der Waals surface area contributed by atoms with Crippen molar-refractivity contribution in [2.24, 2.45) is 5.73 Å². The van der Waals surface area contributed by atoms with E-state index in [2.05, 4.69) is 20.4 Å². The molecule has 3 heterocycles. The highest BCUT2D eigenvalue weighted by molar-refractivity contribution is 7.09. The number of hydrogen-bond donors (Lipinski definition) is 2. The minimum atomic E-state index is -0.154. The van der Waals surface area contributed by atoms with Gasteiger partial charge in [-0.1, -0.05) is 6.92 Å². The number of thiazole rings is 1. The number of nitrogens with zero attached hydrogens (tertiary/aromatic N) is 4. The Morgan fingerprint density at radius 1 is 1.55 bits per heavy atom. The molecule has 3 N–H and O–H groups in total. The molecule has 22 heavy (non-hydrogen) atoms. The van der Waals surface area contributed by atoms with Gasteiger partial charge in [0, 0.05) is 24.8 Å². The van der Waals surface area contributed by atoms with Crippen molar-refractivity contribution < 1.29 is 4.79 Å². The van der Waals surface area contributed by atoms with Crippen LogP contribution in [0.3, 0.4) is 0 Å². The Morgan fingerprint density at radius 2 is 2.41 bits per heavy atom. The zero-order chi connectivity index (χ0) is 15.5. The van der Waals surface area contributed by atoms with Crippen molar-refractivity contribution >= 4 is 17.2 Å². The van der Waals surface area contributed by atoms with Crippen molar-refractivity contribution in [1.29, 1.82) is 0 Å². The first-order valence-corrected chi connectivity index (χ1v) is 8.48. The molecule has 8 heteroatoms. The Hall–Kier alpha value is -1.80. The number of aryl methyl sites for hydroxylation is 2. The number of rotatable bonds is 5. The molecule has 0 aliphatic carbocycles. The van der Waals surface area contributed by atoms with Gasteiger partial charge in [0.2, 0.25) is 0 Å². The zero-order valence-corrected chi connectivity index (χ0v) is 13.4. The molecular formula is C14H20N6OS. The van der Waals surface area contributed by atoms with Crippen molar-refractivity contribution in [3.05, 3.63) is 27.7 Å². The molecule has 0 radical (unpaired) electrons. The standard InChI is InChI=1S/C14H20N6OS/c1-2-11-18-13-9(4-3-7-20(13)19-11)17-14(21)10-8-22-12(16-10)5-6-15/h8-9H,2-7,15H2,1H3,(H,17,21). The van der Waals surface area contributed by atoms with Crippen molar-refractivity contribution in [2.75, 3.05) is 6.54 Å². The van der Waals surface area contributed by atoms with E-state index in [0.29, 0.717) is 18.7 Å². The number of fused-ring (bicyclic) bond motifs is 1. The lowest BCUT2D eigenvalue weighted by Crippen LogP contribution is -2.33. The van der Waals surface area contributed by atoms with E-state index in [1.165, 1.54) is 11.3 Å². The molecule has 2 aromatic heterocycles. The molecule has 1 unspecified atom stereocenters. The van der Waals surface area contributed by atoms with Crippen molar-refractivity contribution in [3.63, 3.8) is 0 Å². The normalized spacial score (nSPS) is 17.3. The van der Waals surface area contributed by atoms with Gasteiger partial charge in [-0.2, -0.15) is 5.10 Å². The third-order valence-electron chi connectivity index (χ3n) is 3.68. The lowest BCUT2D eigenvalue weighted by Gasteiger charge is -2.22. The van der Waals surface area contributed by atoms with Crippen molar-refractivity contribution in [2.45, 2.75) is 45.2 Å². The molecule has 2 aromatic rings. The lowest BCUT2D eigenvalue weighted by atomic mass is 10.1. The van der Waals surface area contributed by atoms with Gasteiger partial charge < -0.3 is 11.1 Å². The quantitative estimate of drug-likeness (QED) is 0.858. The second-order valence-electron chi connectivity index (χ2n) is 5.30. The molecule has 1 atom stereocenters. The average molecular weight is 320 g/mol. The molecule has 0 saturated heterocycles. The fourth-order valence-corrected chi connectivity index (χ4v) is 3.37. The van der Waals surface area contributed by atoms with E-state index < -0.39 is 0 Å². The molecule has 118 valence electrons. The number of nitrogens with two attached hydrogens (primary N) is 1. The molecule has 7 nitrogen and oxygen atoms in total. The second-order valence-corrected chi connectivity index (χ2v) is 6.24. The molecule has 1 aliphatic heterocycles. The number of carbonyl (C=O) groups is 1.